The van der Waals surface area contributed by atoms with Crippen LogP contribution in [-0.4, -0.2) is 11.2 Å². The zero-order chi connectivity index (χ0) is 18.2. The van der Waals surface area contributed by atoms with Crippen LogP contribution < -0.4 is 0 Å². The van der Waals surface area contributed by atoms with Crippen LogP contribution in [0.3, 0.4) is 0 Å². The Morgan fingerprint density at radius 2 is 1.84 bits per heavy atom. The molecule has 0 spiro atoms. The second-order valence-corrected chi connectivity index (χ2v) is 9.65. The lowest BCUT2D eigenvalue weighted by Crippen LogP contribution is -2.50. The van der Waals surface area contributed by atoms with Crippen molar-refractivity contribution in [2.45, 2.75) is 91.6 Å². The lowest BCUT2D eigenvalue weighted by Gasteiger charge is -2.58. The summed E-state index contributed by atoms with van der Waals surface area (Å²) in [6.45, 7) is 9.24. The van der Waals surface area contributed by atoms with E-state index in [1.165, 1.54) is 51.4 Å². The number of allylic oxidation sites excluding steroid dienone is 1. The summed E-state index contributed by atoms with van der Waals surface area (Å²) in [6.07, 6.45) is 18.8. The van der Waals surface area contributed by atoms with Gasteiger partial charge in [-0.2, -0.15) is 0 Å². The molecule has 3 fully saturated rings. The first-order chi connectivity index (χ1) is 11.9. The van der Waals surface area contributed by atoms with E-state index in [0.29, 0.717) is 10.8 Å². The monoisotopic (exact) mass is 342 g/mol. The minimum atomic E-state index is -0.163. The Kier molecular flexibility index (Phi) is 5.41. The second-order valence-electron chi connectivity index (χ2n) is 9.65. The molecular formula is C24H38O. The predicted molar refractivity (Wildman–Crippen MR) is 106 cm³/mol. The summed E-state index contributed by atoms with van der Waals surface area (Å²) in [5.74, 6) is 6.08. The Morgan fingerprint density at radius 1 is 1.12 bits per heavy atom. The van der Waals surface area contributed by atoms with E-state index >= 15 is 0 Å². The predicted octanol–water partition coefficient (Wildman–Crippen LogP) is 5.98. The molecule has 3 saturated carbocycles. The minimum Gasteiger partial charge on any atom is -0.389 e. The summed E-state index contributed by atoms with van der Waals surface area (Å²) in [4.78, 5) is 0. The van der Waals surface area contributed by atoms with E-state index in [9.17, 15) is 5.11 Å². The number of aliphatic hydroxyl groups is 1. The molecule has 1 heteroatoms. The third kappa shape index (κ3) is 2.99. The Balaban J connectivity index is 0.000000569. The molecule has 7 unspecified atom stereocenters. The van der Waals surface area contributed by atoms with Gasteiger partial charge in [0, 0.05) is 0 Å². The summed E-state index contributed by atoms with van der Waals surface area (Å²) < 4.78 is 0. The van der Waals surface area contributed by atoms with E-state index in [1.54, 1.807) is 12.5 Å². The standard InChI is InChI=1S/C21H34O.C3H4/c1-4-14-6-8-18-17-7-5-15-13-16(22)9-11-21(15,3)19(17)10-12-20(14,18)2;1-3-2/h13-14,16-19,22H,4-12H2,1-3H3;1H,2H3. The highest BCUT2D eigenvalue weighted by atomic mass is 16.3. The van der Waals surface area contributed by atoms with E-state index in [-0.39, 0.29) is 6.10 Å². The molecule has 140 valence electrons. The van der Waals surface area contributed by atoms with Gasteiger partial charge in [0.05, 0.1) is 6.10 Å². The number of terminal acetylenes is 1. The zero-order valence-corrected chi connectivity index (χ0v) is 16.9. The maximum atomic E-state index is 10.0. The largest absolute Gasteiger partial charge is 0.389 e. The Morgan fingerprint density at radius 3 is 2.52 bits per heavy atom. The first-order valence-corrected chi connectivity index (χ1v) is 10.7. The molecule has 1 N–H and O–H groups in total. The molecule has 0 bridgehead atoms. The van der Waals surface area contributed by atoms with Crippen molar-refractivity contribution in [3.8, 4) is 12.3 Å². The summed E-state index contributed by atoms with van der Waals surface area (Å²) >= 11 is 0. The number of fused-ring (bicyclic) bond motifs is 5. The van der Waals surface area contributed by atoms with Crippen LogP contribution in [0, 0.1) is 46.8 Å². The lowest BCUT2D eigenvalue weighted by molar-refractivity contribution is -0.0554. The number of hydrogen-bond acceptors (Lipinski definition) is 1. The molecule has 0 aromatic rings. The second kappa shape index (κ2) is 7.11. The van der Waals surface area contributed by atoms with Gasteiger partial charge in [-0.3, -0.25) is 0 Å². The van der Waals surface area contributed by atoms with Gasteiger partial charge in [0.2, 0.25) is 0 Å². The van der Waals surface area contributed by atoms with Gasteiger partial charge in [-0.15, -0.1) is 12.3 Å². The van der Waals surface area contributed by atoms with Gasteiger partial charge < -0.3 is 5.11 Å². The number of aliphatic hydroxyl groups excluding tert-OH is 1. The summed E-state index contributed by atoms with van der Waals surface area (Å²) in [5, 5.41) is 10.0. The molecule has 0 saturated heterocycles. The maximum Gasteiger partial charge on any atom is 0.0724 e. The normalized spacial score (nSPS) is 48.0. The van der Waals surface area contributed by atoms with Crippen molar-refractivity contribution < 1.29 is 5.11 Å². The van der Waals surface area contributed by atoms with E-state index < -0.39 is 0 Å². The van der Waals surface area contributed by atoms with Crippen molar-refractivity contribution in [1.29, 1.82) is 0 Å². The van der Waals surface area contributed by atoms with Crippen LogP contribution >= 0.6 is 0 Å². The van der Waals surface area contributed by atoms with Crippen LogP contribution in [0.4, 0.5) is 0 Å². The molecule has 4 aliphatic rings. The smallest absolute Gasteiger partial charge is 0.0724 e. The molecule has 1 nitrogen and oxygen atoms in total. The van der Waals surface area contributed by atoms with Crippen LogP contribution in [0.15, 0.2) is 11.6 Å². The fraction of sp³-hybridized carbons (Fsp3) is 0.833. The van der Waals surface area contributed by atoms with Crippen LogP contribution in [0.25, 0.3) is 0 Å². The van der Waals surface area contributed by atoms with E-state index in [4.69, 9.17) is 0 Å². The molecule has 0 aromatic carbocycles. The van der Waals surface area contributed by atoms with E-state index in [1.807, 2.05) is 0 Å². The van der Waals surface area contributed by atoms with Crippen molar-refractivity contribution >= 4 is 0 Å². The third-order valence-corrected chi connectivity index (χ3v) is 8.78. The van der Waals surface area contributed by atoms with Gasteiger partial charge in [-0.25, -0.2) is 0 Å². The Labute approximate surface area is 155 Å². The summed E-state index contributed by atoms with van der Waals surface area (Å²) in [5.41, 5.74) is 2.66. The van der Waals surface area contributed by atoms with Gasteiger partial charge in [-0.1, -0.05) is 38.8 Å². The Hall–Kier alpha value is -0.740. The highest BCUT2D eigenvalue weighted by Gasteiger charge is 2.58. The minimum absolute atomic E-state index is 0.163. The third-order valence-electron chi connectivity index (χ3n) is 8.78. The molecule has 4 rings (SSSR count). The zero-order valence-electron chi connectivity index (χ0n) is 16.9. The van der Waals surface area contributed by atoms with E-state index in [2.05, 4.69) is 39.2 Å². The van der Waals surface area contributed by atoms with Crippen molar-refractivity contribution in [2.24, 2.45) is 34.5 Å². The van der Waals surface area contributed by atoms with Crippen molar-refractivity contribution in [2.75, 3.05) is 0 Å². The summed E-state index contributed by atoms with van der Waals surface area (Å²) in [7, 11) is 0. The molecule has 0 aromatic heterocycles. The van der Waals surface area contributed by atoms with Crippen LogP contribution in [-0.2, 0) is 0 Å². The topological polar surface area (TPSA) is 20.2 Å². The lowest BCUT2D eigenvalue weighted by atomic mass is 9.46. The molecule has 0 aliphatic heterocycles. The van der Waals surface area contributed by atoms with Crippen LogP contribution in [0.5, 0.6) is 0 Å². The molecule has 4 aliphatic carbocycles. The first-order valence-electron chi connectivity index (χ1n) is 10.7. The van der Waals surface area contributed by atoms with Gasteiger partial charge >= 0.3 is 0 Å². The molecule has 25 heavy (non-hydrogen) atoms. The van der Waals surface area contributed by atoms with E-state index in [0.717, 1.165) is 30.1 Å². The molecular weight excluding hydrogens is 304 g/mol. The van der Waals surface area contributed by atoms with Gasteiger partial charge in [0.25, 0.3) is 0 Å². The average molecular weight is 343 g/mol. The quantitative estimate of drug-likeness (QED) is 0.459. The highest BCUT2D eigenvalue weighted by Crippen LogP contribution is 2.67. The fourth-order valence-electron chi connectivity index (χ4n) is 7.49. The van der Waals surface area contributed by atoms with Crippen LogP contribution in [0.2, 0.25) is 0 Å². The molecule has 7 atom stereocenters. The Bertz CT molecular complexity index is 555. The molecule has 0 amide bonds. The van der Waals surface area contributed by atoms with Crippen molar-refractivity contribution in [3.63, 3.8) is 0 Å². The number of hydrogen-bond donors (Lipinski definition) is 1. The van der Waals surface area contributed by atoms with Crippen molar-refractivity contribution in [1.82, 2.24) is 0 Å². The van der Waals surface area contributed by atoms with Gasteiger partial charge in [-0.05, 0) is 92.8 Å². The van der Waals surface area contributed by atoms with Crippen molar-refractivity contribution in [3.05, 3.63) is 11.6 Å². The average Bonchev–Trinajstić information content (AvgIpc) is 2.92. The van der Waals surface area contributed by atoms with Gasteiger partial charge in [0.1, 0.15) is 0 Å². The van der Waals surface area contributed by atoms with Crippen LogP contribution in [0.1, 0.15) is 85.5 Å². The SMILES string of the molecule is C#CC.CCC1CCC2C3CCC4=CC(O)CCC4(C)C3CCC12C. The number of rotatable bonds is 1. The molecule has 0 radical (unpaired) electrons. The maximum absolute atomic E-state index is 10.0. The molecule has 0 heterocycles. The first kappa shape index (κ1) is 19.0. The van der Waals surface area contributed by atoms with Gasteiger partial charge in [0.15, 0.2) is 0 Å². The fourth-order valence-corrected chi connectivity index (χ4v) is 7.49. The summed E-state index contributed by atoms with van der Waals surface area (Å²) in [6, 6.07) is 0. The highest BCUT2D eigenvalue weighted by molar-refractivity contribution is 5.25.